The average molecular weight is 817 g/mol. The summed E-state index contributed by atoms with van der Waals surface area (Å²) in [5, 5.41) is 56.6. The van der Waals surface area contributed by atoms with Gasteiger partial charge < -0.3 is 65.2 Å². The first kappa shape index (κ1) is 47.0. The largest absolute Gasteiger partial charge is 0.477 e. The van der Waals surface area contributed by atoms with Crippen LogP contribution in [0.3, 0.4) is 0 Å². The maximum atomic E-state index is 12.5. The molecule has 1 fully saturated rings. The highest BCUT2D eigenvalue weighted by Gasteiger charge is 2.55. The van der Waals surface area contributed by atoms with Gasteiger partial charge in [0.25, 0.3) is 11.7 Å². The van der Waals surface area contributed by atoms with Crippen LogP contribution in [-0.4, -0.2) is 162 Å². The fourth-order valence-corrected chi connectivity index (χ4v) is 5.97. The third kappa shape index (κ3) is 16.6. The Morgan fingerprint density at radius 3 is 2.30 bits per heavy atom. The Morgan fingerprint density at radius 1 is 1.00 bits per heavy atom. The summed E-state index contributed by atoms with van der Waals surface area (Å²) in [6.07, 6.45) is -1.98. The Hall–Kier alpha value is -3.34. The van der Waals surface area contributed by atoms with Gasteiger partial charge in [-0.25, -0.2) is 9.48 Å². The maximum absolute atomic E-state index is 12.5. The van der Waals surface area contributed by atoms with E-state index < -0.39 is 67.0 Å². The standard InChI is InChI=1S/C36H57ClN6O13/c1-25(44)40-31-29(45)22-36(35(49)50,56-33(31)32(47)30(46)23-39-34(48)26-7-6-8-27(37)21-26)55-12-5-3-2-4-9-28-24-43(42-41-28)11-14-52-16-18-54-20-19-53-17-15-51-13-10-38/h6-8,21,24,29-33,45-47H,2-5,9-20,22-23,38H2,1H3,(H,39,48)(H,40,44)(H,49,50)/t29-,30+,31+,32+,33+,36+/m0/s1. The van der Waals surface area contributed by atoms with Crippen LogP contribution in [0.4, 0.5) is 0 Å². The zero-order chi connectivity index (χ0) is 40.8. The van der Waals surface area contributed by atoms with Crippen molar-refractivity contribution in [3.8, 4) is 0 Å². The zero-order valence-corrected chi connectivity index (χ0v) is 32.5. The Bertz CT molecular complexity index is 1460. The second-order valence-corrected chi connectivity index (χ2v) is 13.6. The summed E-state index contributed by atoms with van der Waals surface area (Å²) in [6, 6.07) is 4.78. The molecule has 2 amide bonds. The van der Waals surface area contributed by atoms with Gasteiger partial charge in [-0.1, -0.05) is 35.7 Å². The Kier molecular flexibility index (Phi) is 21.7. The minimum Gasteiger partial charge on any atom is -0.477 e. The molecule has 0 bridgehead atoms. The number of nitrogens with zero attached hydrogens (tertiary/aromatic N) is 3. The number of aromatic nitrogens is 3. The van der Waals surface area contributed by atoms with Crippen molar-refractivity contribution in [3.05, 3.63) is 46.7 Å². The number of hydrogen-bond donors (Lipinski definition) is 7. The van der Waals surface area contributed by atoms with Crippen molar-refractivity contribution in [3.63, 3.8) is 0 Å². The average Bonchev–Trinajstić information content (AvgIpc) is 3.63. The summed E-state index contributed by atoms with van der Waals surface area (Å²) < 4.78 is 34.9. The van der Waals surface area contributed by atoms with E-state index in [4.69, 9.17) is 45.8 Å². The van der Waals surface area contributed by atoms with Gasteiger partial charge in [0.1, 0.15) is 12.2 Å². The van der Waals surface area contributed by atoms with Gasteiger partial charge in [-0.3, -0.25) is 9.59 Å². The van der Waals surface area contributed by atoms with Crippen LogP contribution in [0.15, 0.2) is 30.5 Å². The molecule has 2 heterocycles. The van der Waals surface area contributed by atoms with Crippen LogP contribution in [0, 0.1) is 0 Å². The van der Waals surface area contributed by atoms with E-state index >= 15 is 0 Å². The third-order valence-electron chi connectivity index (χ3n) is 8.65. The lowest BCUT2D eigenvalue weighted by molar-refractivity contribution is -0.310. The van der Waals surface area contributed by atoms with Gasteiger partial charge in [-0.05, 0) is 37.5 Å². The van der Waals surface area contributed by atoms with E-state index in [0.717, 1.165) is 18.5 Å². The summed E-state index contributed by atoms with van der Waals surface area (Å²) in [4.78, 5) is 37.0. The molecule has 316 valence electrons. The normalized spacial score (nSPS) is 20.7. The number of aryl methyl sites for hydroxylation is 1. The molecule has 20 heteroatoms. The van der Waals surface area contributed by atoms with Crippen molar-refractivity contribution in [2.24, 2.45) is 5.73 Å². The van der Waals surface area contributed by atoms with Crippen molar-refractivity contribution in [2.45, 2.75) is 88.2 Å². The SMILES string of the molecule is CC(=O)N[C@H]1[C@H]([C@H](O)[C@H](O)CNC(=O)c2cccc(Cl)c2)O[C@@](OCCCCCCc2cn(CCOCCOCCOCCOCCN)nn2)(C(=O)O)C[C@@H]1O. The van der Waals surface area contributed by atoms with Gasteiger partial charge in [0.05, 0.1) is 90.0 Å². The van der Waals surface area contributed by atoms with Crippen LogP contribution < -0.4 is 16.4 Å². The molecule has 56 heavy (non-hydrogen) atoms. The number of carboxylic acids is 1. The highest BCUT2D eigenvalue weighted by molar-refractivity contribution is 6.30. The van der Waals surface area contributed by atoms with Crippen LogP contribution >= 0.6 is 11.6 Å². The van der Waals surface area contributed by atoms with Crippen LogP contribution in [-0.2, 0) is 51.0 Å². The predicted molar refractivity (Wildman–Crippen MR) is 200 cm³/mol. The lowest BCUT2D eigenvalue weighted by Gasteiger charge is -2.46. The van der Waals surface area contributed by atoms with Crippen molar-refractivity contribution in [2.75, 3.05) is 72.6 Å². The van der Waals surface area contributed by atoms with E-state index in [1.807, 2.05) is 6.20 Å². The number of aliphatic carboxylic acids is 1. The molecule has 1 aromatic heterocycles. The molecule has 1 saturated heterocycles. The van der Waals surface area contributed by atoms with Gasteiger partial charge >= 0.3 is 5.97 Å². The molecule has 0 spiro atoms. The summed E-state index contributed by atoms with van der Waals surface area (Å²) in [6.45, 7) is 5.52. The molecule has 0 saturated carbocycles. The number of halogens is 1. The number of nitrogens with two attached hydrogens (primary N) is 1. The number of rotatable bonds is 29. The van der Waals surface area contributed by atoms with Crippen molar-refractivity contribution in [1.82, 2.24) is 25.6 Å². The molecular formula is C36H57ClN6O13. The van der Waals surface area contributed by atoms with E-state index in [1.54, 1.807) is 16.8 Å². The molecule has 6 atom stereocenters. The monoisotopic (exact) mass is 816 g/mol. The number of benzene rings is 1. The molecule has 0 radical (unpaired) electrons. The number of unbranched alkanes of at least 4 members (excludes halogenated alkanes) is 3. The predicted octanol–water partition coefficient (Wildman–Crippen LogP) is -0.337. The van der Waals surface area contributed by atoms with Gasteiger partial charge in [0.15, 0.2) is 0 Å². The molecule has 0 aliphatic carbocycles. The minimum atomic E-state index is -2.38. The van der Waals surface area contributed by atoms with Gasteiger partial charge in [-0.15, -0.1) is 5.10 Å². The highest BCUT2D eigenvalue weighted by Crippen LogP contribution is 2.34. The number of carboxylic acid groups (broad SMARTS) is 1. The lowest BCUT2D eigenvalue weighted by Crippen LogP contribution is -2.68. The number of aliphatic hydroxyl groups is 3. The van der Waals surface area contributed by atoms with E-state index in [0.29, 0.717) is 90.2 Å². The summed E-state index contributed by atoms with van der Waals surface area (Å²) >= 11 is 5.94. The molecule has 19 nitrogen and oxygen atoms in total. The fourth-order valence-electron chi connectivity index (χ4n) is 5.78. The second-order valence-electron chi connectivity index (χ2n) is 13.1. The molecule has 2 aromatic rings. The molecule has 8 N–H and O–H groups in total. The van der Waals surface area contributed by atoms with Crippen molar-refractivity contribution >= 4 is 29.4 Å². The number of nitrogens with one attached hydrogen (secondary N) is 2. The number of ether oxygens (including phenoxy) is 6. The summed E-state index contributed by atoms with van der Waals surface area (Å²) in [5.41, 5.74) is 6.39. The first-order valence-electron chi connectivity index (χ1n) is 18.8. The van der Waals surface area contributed by atoms with Crippen molar-refractivity contribution in [1.29, 1.82) is 0 Å². The zero-order valence-electron chi connectivity index (χ0n) is 31.8. The number of carbonyl (C=O) groups excluding carboxylic acids is 2. The summed E-state index contributed by atoms with van der Waals surface area (Å²) in [5.74, 6) is -5.11. The number of amides is 2. The van der Waals surface area contributed by atoms with E-state index in [2.05, 4.69) is 20.9 Å². The topological polar surface area (TPSA) is 268 Å². The van der Waals surface area contributed by atoms with E-state index in [1.165, 1.54) is 19.1 Å². The first-order chi connectivity index (χ1) is 27.0. The molecule has 0 unspecified atom stereocenters. The van der Waals surface area contributed by atoms with Gasteiger partial charge in [0.2, 0.25) is 5.91 Å². The molecule has 1 aliphatic heterocycles. The fraction of sp³-hybridized carbons (Fsp3) is 0.694. The molecule has 1 aliphatic rings. The second kappa shape index (κ2) is 25.8. The van der Waals surface area contributed by atoms with Crippen LogP contribution in [0.5, 0.6) is 0 Å². The minimum absolute atomic E-state index is 0.0507. The Morgan fingerprint density at radius 2 is 1.66 bits per heavy atom. The first-order valence-corrected chi connectivity index (χ1v) is 19.1. The van der Waals surface area contributed by atoms with Crippen LogP contribution in [0.1, 0.15) is 55.1 Å². The maximum Gasteiger partial charge on any atom is 0.364 e. The third-order valence-corrected chi connectivity index (χ3v) is 8.88. The molecular weight excluding hydrogens is 760 g/mol. The van der Waals surface area contributed by atoms with Gasteiger partial charge in [0, 0.05) is 43.2 Å². The Labute approximate surface area is 331 Å². The Balaban J connectivity index is 1.36. The smallest absolute Gasteiger partial charge is 0.364 e. The van der Waals surface area contributed by atoms with E-state index in [9.17, 15) is 34.8 Å². The van der Waals surface area contributed by atoms with Crippen LogP contribution in [0.25, 0.3) is 0 Å². The van der Waals surface area contributed by atoms with Crippen molar-refractivity contribution < 1.29 is 63.2 Å². The molecule has 1 aromatic carbocycles. The van der Waals surface area contributed by atoms with E-state index in [-0.39, 0.29) is 12.2 Å². The number of carbonyl (C=O) groups is 3. The number of aliphatic hydroxyl groups excluding tert-OH is 3. The quantitative estimate of drug-likeness (QED) is 0.0518. The van der Waals surface area contributed by atoms with Gasteiger partial charge in [-0.2, -0.15) is 0 Å². The molecule has 3 rings (SSSR count). The van der Waals surface area contributed by atoms with Crippen LogP contribution in [0.2, 0.25) is 5.02 Å². The number of hydrogen-bond acceptors (Lipinski definition) is 15. The lowest BCUT2D eigenvalue weighted by atomic mass is 9.88. The summed E-state index contributed by atoms with van der Waals surface area (Å²) in [7, 11) is 0. The highest BCUT2D eigenvalue weighted by atomic mass is 35.5.